The molecule has 3 nitrogen and oxygen atoms in total. The molecule has 0 spiro atoms. The van der Waals surface area contributed by atoms with Crippen LogP contribution in [0.3, 0.4) is 0 Å². The molecule has 0 fully saturated rings. The van der Waals surface area contributed by atoms with Crippen LogP contribution < -0.4 is 5.73 Å². The summed E-state index contributed by atoms with van der Waals surface area (Å²) in [5.41, 5.74) is 13.8. The first kappa shape index (κ1) is 21.7. The fourth-order valence-corrected chi connectivity index (χ4v) is 6.58. The van der Waals surface area contributed by atoms with Gasteiger partial charge in [-0.05, 0) is 47.4 Å². The molecule has 0 aliphatic carbocycles. The molecule has 0 aliphatic rings. The lowest BCUT2D eigenvalue weighted by Crippen LogP contribution is -2.06. The number of nitrogens with one attached hydrogen (secondary N) is 1. The minimum absolute atomic E-state index is 0.697. The van der Waals surface area contributed by atoms with E-state index in [-0.39, 0.29) is 0 Å². The maximum absolute atomic E-state index is 6.93. The quantitative estimate of drug-likeness (QED) is 0.231. The third kappa shape index (κ3) is 3.65. The molecule has 37 heavy (non-hydrogen) atoms. The van der Waals surface area contributed by atoms with E-state index < -0.39 is 0 Å². The Hall–Kier alpha value is -4.54. The number of fused-ring (bicyclic) bond motifs is 6. The maximum Gasteiger partial charge on any atom is 0.108 e. The molecule has 0 amide bonds. The average Bonchev–Trinajstić information content (AvgIpc) is 3.64. The van der Waals surface area contributed by atoms with Crippen LogP contribution in [0.4, 0.5) is 0 Å². The highest BCUT2D eigenvalue weighted by atomic mass is 32.1. The Morgan fingerprint density at radius 2 is 1.51 bits per heavy atom. The van der Waals surface area contributed by atoms with Gasteiger partial charge in [0.05, 0.1) is 16.6 Å². The van der Waals surface area contributed by atoms with Crippen molar-refractivity contribution in [2.24, 2.45) is 5.73 Å². The number of thiophene rings is 1. The Balaban J connectivity index is 1.45. The van der Waals surface area contributed by atoms with Crippen LogP contribution in [0.1, 0.15) is 11.1 Å². The van der Waals surface area contributed by atoms with Gasteiger partial charge < -0.3 is 10.7 Å². The van der Waals surface area contributed by atoms with Gasteiger partial charge in [0.1, 0.15) is 5.82 Å². The van der Waals surface area contributed by atoms with E-state index in [0.29, 0.717) is 5.82 Å². The molecule has 3 N–H and O–H groups in total. The molecule has 0 unspecified atom stereocenters. The molecule has 0 saturated heterocycles. The lowest BCUT2D eigenvalue weighted by molar-refractivity contribution is 1.18. The molecular formula is C33H25N3S. The number of aromatic nitrogens is 2. The summed E-state index contributed by atoms with van der Waals surface area (Å²) in [6, 6.07) is 36.3. The summed E-state index contributed by atoms with van der Waals surface area (Å²) in [6.07, 6.45) is 7.25. The van der Waals surface area contributed by atoms with Crippen LogP contribution in [0.15, 0.2) is 121 Å². The molecular weight excluding hydrogens is 470 g/mol. The van der Waals surface area contributed by atoms with Crippen molar-refractivity contribution in [2.45, 2.75) is 6.42 Å². The zero-order valence-corrected chi connectivity index (χ0v) is 21.0. The molecule has 178 valence electrons. The second-order valence-corrected chi connectivity index (χ2v) is 10.3. The first-order valence-electron chi connectivity index (χ1n) is 12.5. The molecule has 0 atom stereocenters. The molecule has 4 aromatic carbocycles. The Kier molecular flexibility index (Phi) is 5.19. The summed E-state index contributed by atoms with van der Waals surface area (Å²) in [5, 5.41) is 3.75. The van der Waals surface area contributed by atoms with E-state index in [2.05, 4.69) is 125 Å². The van der Waals surface area contributed by atoms with Gasteiger partial charge in [0.15, 0.2) is 0 Å². The Morgan fingerprint density at radius 1 is 0.757 bits per heavy atom. The van der Waals surface area contributed by atoms with Crippen molar-refractivity contribution in [1.82, 2.24) is 9.55 Å². The van der Waals surface area contributed by atoms with Gasteiger partial charge in [-0.25, -0.2) is 0 Å². The third-order valence-corrected chi connectivity index (χ3v) is 8.28. The third-order valence-electron chi connectivity index (χ3n) is 7.06. The van der Waals surface area contributed by atoms with Crippen LogP contribution in [-0.4, -0.2) is 9.55 Å². The SMILES string of the molecule is N/C(=C\C(=C/Cc1ccccc1)c1cccc2c1sc1ccccc12)n1c2ccccc2c2[nH]ccc21. The number of hydrogen-bond acceptors (Lipinski definition) is 2. The number of allylic oxidation sites excluding steroid dienone is 3. The number of aromatic amines is 1. The largest absolute Gasteiger partial charge is 0.385 e. The van der Waals surface area contributed by atoms with E-state index in [1.807, 2.05) is 17.5 Å². The van der Waals surface area contributed by atoms with E-state index in [1.54, 1.807) is 0 Å². The predicted molar refractivity (Wildman–Crippen MR) is 160 cm³/mol. The predicted octanol–water partition coefficient (Wildman–Crippen LogP) is 8.57. The minimum atomic E-state index is 0.697. The number of nitrogens with zero attached hydrogens (tertiary/aromatic N) is 1. The van der Waals surface area contributed by atoms with Crippen molar-refractivity contribution in [3.8, 4) is 0 Å². The Labute approximate surface area is 218 Å². The van der Waals surface area contributed by atoms with E-state index >= 15 is 0 Å². The zero-order chi connectivity index (χ0) is 24.8. The smallest absolute Gasteiger partial charge is 0.108 e. The van der Waals surface area contributed by atoms with Crippen molar-refractivity contribution in [1.29, 1.82) is 0 Å². The number of hydrogen-bond donors (Lipinski definition) is 2. The second kappa shape index (κ2) is 8.84. The van der Waals surface area contributed by atoms with Crippen LogP contribution in [0.5, 0.6) is 0 Å². The topological polar surface area (TPSA) is 46.7 Å². The minimum Gasteiger partial charge on any atom is -0.385 e. The van der Waals surface area contributed by atoms with Crippen LogP contribution in [0.2, 0.25) is 0 Å². The lowest BCUT2D eigenvalue weighted by Gasteiger charge is -2.11. The monoisotopic (exact) mass is 495 g/mol. The number of H-pyrrole nitrogens is 1. The summed E-state index contributed by atoms with van der Waals surface area (Å²) in [7, 11) is 0. The van der Waals surface area contributed by atoms with Gasteiger partial charge in [-0.3, -0.25) is 4.57 Å². The lowest BCUT2D eigenvalue weighted by atomic mass is 10.00. The van der Waals surface area contributed by atoms with Gasteiger partial charge in [-0.1, -0.05) is 91.0 Å². The molecule has 3 heterocycles. The highest BCUT2D eigenvalue weighted by Gasteiger charge is 2.15. The Bertz CT molecular complexity index is 1960. The number of para-hydroxylation sites is 1. The molecule has 4 heteroatoms. The molecule has 0 aliphatic heterocycles. The summed E-state index contributed by atoms with van der Waals surface area (Å²) in [4.78, 5) is 3.39. The second-order valence-electron chi connectivity index (χ2n) is 9.29. The summed E-state index contributed by atoms with van der Waals surface area (Å²) in [5.74, 6) is 0.697. The molecule has 3 aromatic heterocycles. The maximum atomic E-state index is 6.93. The molecule has 0 saturated carbocycles. The number of nitrogens with two attached hydrogens (primary N) is 1. The van der Waals surface area contributed by atoms with E-state index in [9.17, 15) is 0 Å². The van der Waals surface area contributed by atoms with Crippen LogP contribution in [0.25, 0.3) is 53.5 Å². The zero-order valence-electron chi connectivity index (χ0n) is 20.2. The fraction of sp³-hybridized carbons (Fsp3) is 0.0303. The summed E-state index contributed by atoms with van der Waals surface area (Å²) < 4.78 is 4.74. The van der Waals surface area contributed by atoms with Crippen LogP contribution >= 0.6 is 11.3 Å². The normalized spacial score (nSPS) is 12.9. The Morgan fingerprint density at radius 3 is 2.41 bits per heavy atom. The first-order chi connectivity index (χ1) is 18.3. The number of benzene rings is 4. The van der Waals surface area contributed by atoms with Gasteiger partial charge in [0.25, 0.3) is 0 Å². The van der Waals surface area contributed by atoms with Crippen molar-refractivity contribution < 1.29 is 0 Å². The van der Waals surface area contributed by atoms with Crippen molar-refractivity contribution in [2.75, 3.05) is 0 Å². The van der Waals surface area contributed by atoms with Gasteiger partial charge in [-0.15, -0.1) is 11.3 Å². The van der Waals surface area contributed by atoms with Gasteiger partial charge in [-0.2, -0.15) is 0 Å². The summed E-state index contributed by atoms with van der Waals surface area (Å²) >= 11 is 1.85. The van der Waals surface area contributed by atoms with Crippen molar-refractivity contribution >= 4 is 64.8 Å². The van der Waals surface area contributed by atoms with Crippen LogP contribution in [0, 0.1) is 0 Å². The standard InChI is InChI=1S/C33H25N3S/c34-31(36-28-15-6-4-12-27(28)32-29(36)19-20-35-32)21-23(18-17-22-9-2-1-3-10-22)24-13-8-14-26-25-11-5-7-16-30(25)37-33(24)26/h1-16,18-21,35H,17,34H2/b23-18+,31-21+. The number of rotatable bonds is 5. The van der Waals surface area contributed by atoms with E-state index in [1.165, 1.54) is 36.7 Å². The molecule has 7 aromatic rings. The highest BCUT2D eigenvalue weighted by molar-refractivity contribution is 7.26. The van der Waals surface area contributed by atoms with E-state index in [0.717, 1.165) is 28.5 Å². The molecule has 7 rings (SSSR count). The first-order valence-corrected chi connectivity index (χ1v) is 13.3. The average molecular weight is 496 g/mol. The van der Waals surface area contributed by atoms with Gasteiger partial charge in [0.2, 0.25) is 0 Å². The van der Waals surface area contributed by atoms with Crippen molar-refractivity contribution in [3.63, 3.8) is 0 Å². The van der Waals surface area contributed by atoms with Gasteiger partial charge in [0, 0.05) is 31.8 Å². The van der Waals surface area contributed by atoms with Crippen molar-refractivity contribution in [3.05, 3.63) is 133 Å². The molecule has 0 radical (unpaired) electrons. The fourth-order valence-electron chi connectivity index (χ4n) is 5.34. The molecule has 0 bridgehead atoms. The summed E-state index contributed by atoms with van der Waals surface area (Å²) in [6.45, 7) is 0. The van der Waals surface area contributed by atoms with E-state index in [4.69, 9.17) is 5.73 Å². The van der Waals surface area contributed by atoms with Gasteiger partial charge >= 0.3 is 0 Å². The van der Waals surface area contributed by atoms with Crippen LogP contribution in [-0.2, 0) is 6.42 Å². The highest BCUT2D eigenvalue weighted by Crippen LogP contribution is 2.39.